The van der Waals surface area contributed by atoms with Crippen LogP contribution in [0.3, 0.4) is 0 Å². The molecular formula is C20H33ClN2S. The molecule has 4 heteroatoms. The zero-order valence-corrected chi connectivity index (χ0v) is 17.1. The fourth-order valence-electron chi connectivity index (χ4n) is 2.71. The minimum Gasteiger partial charge on any atom is -0.349 e. The average molecular weight is 369 g/mol. The van der Waals surface area contributed by atoms with Crippen molar-refractivity contribution in [1.82, 2.24) is 4.90 Å². The van der Waals surface area contributed by atoms with Crippen molar-refractivity contribution in [1.29, 1.82) is 0 Å². The van der Waals surface area contributed by atoms with Gasteiger partial charge in [0.05, 0.1) is 0 Å². The third kappa shape index (κ3) is 7.85. The van der Waals surface area contributed by atoms with Crippen LogP contribution >= 0.6 is 23.8 Å². The van der Waals surface area contributed by atoms with E-state index in [-0.39, 0.29) is 0 Å². The molecule has 0 fully saturated rings. The topological polar surface area (TPSA) is 15.3 Å². The number of hydrogen-bond donors (Lipinski definition) is 1. The maximum absolute atomic E-state index is 6.22. The Kier molecular flexibility index (Phi) is 11.1. The first-order valence-electron chi connectivity index (χ1n) is 9.41. The molecule has 1 N–H and O–H groups in total. The van der Waals surface area contributed by atoms with Gasteiger partial charge in [0.1, 0.15) is 0 Å². The number of anilines is 1. The minimum atomic E-state index is 0.778. The molecule has 24 heavy (non-hydrogen) atoms. The van der Waals surface area contributed by atoms with Crippen LogP contribution in [-0.4, -0.2) is 23.1 Å². The molecule has 0 atom stereocenters. The Hall–Kier alpha value is -0.800. The van der Waals surface area contributed by atoms with Crippen molar-refractivity contribution in [2.24, 2.45) is 0 Å². The predicted octanol–water partition coefficient (Wildman–Crippen LogP) is 6.81. The molecule has 0 aliphatic rings. The van der Waals surface area contributed by atoms with E-state index in [9.17, 15) is 0 Å². The van der Waals surface area contributed by atoms with E-state index in [1.54, 1.807) is 0 Å². The van der Waals surface area contributed by atoms with Crippen molar-refractivity contribution < 1.29 is 0 Å². The lowest BCUT2D eigenvalue weighted by Crippen LogP contribution is -2.36. The normalized spacial score (nSPS) is 10.7. The first-order valence-corrected chi connectivity index (χ1v) is 10.2. The zero-order valence-electron chi connectivity index (χ0n) is 15.5. The SMILES string of the molecule is CCCCCCN(CCCCCC)C(=S)Nc1cccc(Cl)c1C. The minimum absolute atomic E-state index is 0.778. The standard InChI is InChI=1S/C20H33ClN2S/c1-4-6-8-10-15-23(16-11-9-7-5-2)20(24)22-19-14-12-13-18(21)17(19)3/h12-14H,4-11,15-16H2,1-3H3,(H,22,24). The van der Waals surface area contributed by atoms with Crippen LogP contribution in [0.4, 0.5) is 5.69 Å². The monoisotopic (exact) mass is 368 g/mol. The van der Waals surface area contributed by atoms with E-state index in [1.807, 2.05) is 25.1 Å². The molecule has 0 aliphatic heterocycles. The smallest absolute Gasteiger partial charge is 0.173 e. The second-order valence-corrected chi connectivity index (χ2v) is 7.24. The molecule has 0 amide bonds. The maximum atomic E-state index is 6.22. The molecule has 0 aliphatic carbocycles. The molecule has 0 unspecified atom stereocenters. The summed E-state index contributed by atoms with van der Waals surface area (Å²) in [5, 5.41) is 5.01. The summed E-state index contributed by atoms with van der Waals surface area (Å²) < 4.78 is 0. The van der Waals surface area contributed by atoms with Crippen LogP contribution in [0, 0.1) is 6.92 Å². The van der Waals surface area contributed by atoms with Gasteiger partial charge in [0.15, 0.2) is 5.11 Å². The fraction of sp³-hybridized carbons (Fsp3) is 0.650. The van der Waals surface area contributed by atoms with Gasteiger partial charge in [-0.15, -0.1) is 0 Å². The van der Waals surface area contributed by atoms with Crippen LogP contribution in [0.15, 0.2) is 18.2 Å². The van der Waals surface area contributed by atoms with Gasteiger partial charge >= 0.3 is 0 Å². The van der Waals surface area contributed by atoms with Gasteiger partial charge in [-0.2, -0.15) is 0 Å². The molecule has 0 bridgehead atoms. The van der Waals surface area contributed by atoms with Crippen molar-refractivity contribution in [3.63, 3.8) is 0 Å². The van der Waals surface area contributed by atoms with E-state index >= 15 is 0 Å². The first kappa shape index (κ1) is 21.2. The number of rotatable bonds is 11. The predicted molar refractivity (Wildman–Crippen MR) is 112 cm³/mol. The number of thiocarbonyl (C=S) groups is 1. The number of nitrogens with zero attached hydrogens (tertiary/aromatic N) is 1. The van der Waals surface area contributed by atoms with Crippen LogP contribution in [-0.2, 0) is 0 Å². The number of benzene rings is 1. The first-order chi connectivity index (χ1) is 11.6. The molecule has 0 aromatic heterocycles. The molecular weight excluding hydrogens is 336 g/mol. The van der Waals surface area contributed by atoms with Gasteiger partial charge in [0, 0.05) is 23.8 Å². The van der Waals surface area contributed by atoms with Crippen LogP contribution in [0.2, 0.25) is 5.02 Å². The highest BCUT2D eigenvalue weighted by molar-refractivity contribution is 7.80. The second-order valence-electron chi connectivity index (χ2n) is 6.45. The van der Waals surface area contributed by atoms with Crippen LogP contribution < -0.4 is 5.32 Å². The van der Waals surface area contributed by atoms with E-state index in [0.29, 0.717) is 0 Å². The average Bonchev–Trinajstić information content (AvgIpc) is 2.57. The van der Waals surface area contributed by atoms with Crippen LogP contribution in [0.5, 0.6) is 0 Å². The van der Waals surface area contributed by atoms with E-state index < -0.39 is 0 Å². The van der Waals surface area contributed by atoms with Crippen molar-refractivity contribution in [2.45, 2.75) is 72.1 Å². The number of hydrogen-bond acceptors (Lipinski definition) is 1. The van der Waals surface area contributed by atoms with Gasteiger partial charge in [-0.25, -0.2) is 0 Å². The van der Waals surface area contributed by atoms with Gasteiger partial charge in [-0.3, -0.25) is 0 Å². The summed E-state index contributed by atoms with van der Waals surface area (Å²) in [6.45, 7) is 8.60. The Balaban J connectivity index is 2.61. The highest BCUT2D eigenvalue weighted by Crippen LogP contribution is 2.23. The van der Waals surface area contributed by atoms with Crippen molar-refractivity contribution in [2.75, 3.05) is 18.4 Å². The second kappa shape index (κ2) is 12.5. The van der Waals surface area contributed by atoms with Crippen molar-refractivity contribution >= 4 is 34.6 Å². The van der Waals surface area contributed by atoms with E-state index in [0.717, 1.165) is 34.5 Å². The summed E-state index contributed by atoms with van der Waals surface area (Å²) in [6, 6.07) is 5.92. The number of unbranched alkanes of at least 4 members (excludes halogenated alkanes) is 6. The summed E-state index contributed by atoms with van der Waals surface area (Å²) in [5.41, 5.74) is 2.07. The fourth-order valence-corrected chi connectivity index (χ4v) is 3.18. The number of halogens is 1. The zero-order chi connectivity index (χ0) is 17.8. The molecule has 136 valence electrons. The summed E-state index contributed by atoms with van der Waals surface area (Å²) in [6.07, 6.45) is 10.1. The molecule has 2 nitrogen and oxygen atoms in total. The van der Waals surface area contributed by atoms with Crippen molar-refractivity contribution in [3.8, 4) is 0 Å². The maximum Gasteiger partial charge on any atom is 0.173 e. The summed E-state index contributed by atoms with van der Waals surface area (Å²) in [5.74, 6) is 0. The molecule has 1 aromatic rings. The highest BCUT2D eigenvalue weighted by atomic mass is 35.5. The van der Waals surface area contributed by atoms with Gasteiger partial charge in [0.2, 0.25) is 0 Å². The molecule has 0 heterocycles. The van der Waals surface area contributed by atoms with Gasteiger partial charge in [0.25, 0.3) is 0 Å². The summed E-state index contributed by atoms with van der Waals surface area (Å²) in [4.78, 5) is 2.33. The van der Waals surface area contributed by atoms with Crippen LogP contribution in [0.25, 0.3) is 0 Å². The van der Waals surface area contributed by atoms with E-state index in [2.05, 4.69) is 24.1 Å². The quantitative estimate of drug-likeness (QED) is 0.341. The van der Waals surface area contributed by atoms with E-state index in [1.165, 1.54) is 51.4 Å². The van der Waals surface area contributed by atoms with Gasteiger partial charge < -0.3 is 10.2 Å². The Bertz CT molecular complexity index is 479. The Morgan fingerprint density at radius 3 is 2.12 bits per heavy atom. The largest absolute Gasteiger partial charge is 0.349 e. The molecule has 0 radical (unpaired) electrons. The number of nitrogens with one attached hydrogen (secondary N) is 1. The molecule has 1 aromatic carbocycles. The van der Waals surface area contributed by atoms with E-state index in [4.69, 9.17) is 23.8 Å². The van der Waals surface area contributed by atoms with Gasteiger partial charge in [-0.05, 0) is 49.7 Å². The highest BCUT2D eigenvalue weighted by Gasteiger charge is 2.11. The molecule has 0 saturated heterocycles. The lowest BCUT2D eigenvalue weighted by Gasteiger charge is -2.26. The Labute approximate surface area is 159 Å². The molecule has 0 saturated carbocycles. The summed E-state index contributed by atoms with van der Waals surface area (Å²) in [7, 11) is 0. The summed E-state index contributed by atoms with van der Waals surface area (Å²) >= 11 is 11.9. The third-order valence-electron chi connectivity index (χ3n) is 4.36. The van der Waals surface area contributed by atoms with Crippen LogP contribution in [0.1, 0.15) is 70.8 Å². The van der Waals surface area contributed by atoms with Gasteiger partial charge in [-0.1, -0.05) is 70.0 Å². The third-order valence-corrected chi connectivity index (χ3v) is 5.13. The lowest BCUT2D eigenvalue weighted by molar-refractivity contribution is 0.391. The Morgan fingerprint density at radius 2 is 1.58 bits per heavy atom. The molecule has 0 spiro atoms. The lowest BCUT2D eigenvalue weighted by atomic mass is 10.1. The molecule has 1 rings (SSSR count). The Morgan fingerprint density at radius 1 is 1.00 bits per heavy atom. The van der Waals surface area contributed by atoms with Crippen molar-refractivity contribution in [3.05, 3.63) is 28.8 Å².